The average Bonchev–Trinajstić information content (AvgIpc) is 3.05. The third-order valence-corrected chi connectivity index (χ3v) is 3.88. The maximum atomic E-state index is 4.32. The van der Waals surface area contributed by atoms with Gasteiger partial charge in [-0.1, -0.05) is 12.1 Å². The minimum absolute atomic E-state index is 0.891. The minimum Gasteiger partial charge on any atom is -0.361 e. The van der Waals surface area contributed by atoms with Crippen molar-refractivity contribution in [3.63, 3.8) is 0 Å². The molecule has 2 heterocycles. The number of aromatic amines is 1. The molecule has 4 nitrogen and oxygen atoms in total. The summed E-state index contributed by atoms with van der Waals surface area (Å²) >= 11 is 0. The lowest BCUT2D eigenvalue weighted by Crippen LogP contribution is -2.19. The maximum Gasteiger partial charge on any atom is 0.0951 e. The van der Waals surface area contributed by atoms with Gasteiger partial charge in [-0.25, -0.2) is 4.98 Å². The molecule has 104 valence electrons. The van der Waals surface area contributed by atoms with E-state index < -0.39 is 0 Å². The maximum absolute atomic E-state index is 4.32. The van der Waals surface area contributed by atoms with Crippen LogP contribution >= 0.6 is 0 Å². The lowest BCUT2D eigenvalue weighted by Gasteiger charge is -2.08. The highest BCUT2D eigenvalue weighted by Crippen LogP contribution is 2.16. The third-order valence-electron chi connectivity index (χ3n) is 3.88. The van der Waals surface area contributed by atoms with Gasteiger partial charge in [0, 0.05) is 42.4 Å². The zero-order valence-electron chi connectivity index (χ0n) is 12.0. The van der Waals surface area contributed by atoms with E-state index in [4.69, 9.17) is 0 Å². The smallest absolute Gasteiger partial charge is 0.0951 e. The number of aromatic nitrogens is 3. The number of nitrogens with zero attached hydrogens (tertiary/aromatic N) is 2. The van der Waals surface area contributed by atoms with E-state index in [2.05, 4.69) is 51.0 Å². The molecule has 0 amide bonds. The molecule has 2 aromatic heterocycles. The highest BCUT2D eigenvalue weighted by molar-refractivity contribution is 5.82. The Morgan fingerprint density at radius 3 is 2.95 bits per heavy atom. The summed E-state index contributed by atoms with van der Waals surface area (Å²) in [7, 11) is 0. The van der Waals surface area contributed by atoms with Crippen molar-refractivity contribution < 1.29 is 0 Å². The molecule has 0 bridgehead atoms. The second-order valence-corrected chi connectivity index (χ2v) is 5.14. The summed E-state index contributed by atoms with van der Waals surface area (Å²) in [5, 5.41) is 4.81. The minimum atomic E-state index is 0.891. The summed E-state index contributed by atoms with van der Waals surface area (Å²) in [4.78, 5) is 7.56. The fourth-order valence-corrected chi connectivity index (χ4v) is 2.50. The Kier molecular flexibility index (Phi) is 3.56. The number of rotatable bonds is 5. The summed E-state index contributed by atoms with van der Waals surface area (Å²) in [6.07, 6.45) is 3.91. The number of aryl methyl sites for hydroxylation is 1. The Hall–Kier alpha value is -2.07. The number of nitrogens with one attached hydrogen (secondary N) is 2. The zero-order valence-corrected chi connectivity index (χ0v) is 12.0. The largest absolute Gasteiger partial charge is 0.361 e. The number of imidazole rings is 1. The van der Waals surface area contributed by atoms with Crippen LogP contribution in [0, 0.1) is 13.8 Å². The van der Waals surface area contributed by atoms with Crippen LogP contribution < -0.4 is 5.32 Å². The molecule has 0 aliphatic carbocycles. The lowest BCUT2D eigenvalue weighted by atomic mass is 10.1. The summed E-state index contributed by atoms with van der Waals surface area (Å²) in [5.41, 5.74) is 4.90. The molecule has 0 fully saturated rings. The van der Waals surface area contributed by atoms with E-state index in [0.717, 1.165) is 25.3 Å². The Morgan fingerprint density at radius 2 is 2.15 bits per heavy atom. The molecular formula is C16H20N4. The van der Waals surface area contributed by atoms with Crippen LogP contribution in [-0.2, 0) is 13.1 Å². The molecule has 4 heteroatoms. The van der Waals surface area contributed by atoms with Gasteiger partial charge in [-0.3, -0.25) is 0 Å². The summed E-state index contributed by atoms with van der Waals surface area (Å²) in [6, 6.07) is 8.52. The molecule has 1 aromatic carbocycles. The first-order valence-electron chi connectivity index (χ1n) is 7.00. The van der Waals surface area contributed by atoms with Crippen molar-refractivity contribution in [1.29, 1.82) is 0 Å². The van der Waals surface area contributed by atoms with Gasteiger partial charge >= 0.3 is 0 Å². The summed E-state index contributed by atoms with van der Waals surface area (Å²) < 4.78 is 2.19. The van der Waals surface area contributed by atoms with Gasteiger partial charge in [0.1, 0.15) is 0 Å². The Morgan fingerprint density at radius 1 is 1.25 bits per heavy atom. The first-order chi connectivity index (χ1) is 9.75. The monoisotopic (exact) mass is 268 g/mol. The first kappa shape index (κ1) is 12.9. The number of fused-ring (bicyclic) bond motifs is 1. The van der Waals surface area contributed by atoms with Crippen molar-refractivity contribution in [1.82, 2.24) is 19.9 Å². The Bertz CT molecular complexity index is 708. The highest BCUT2D eigenvalue weighted by atomic mass is 15.1. The van der Waals surface area contributed by atoms with Gasteiger partial charge in [0.25, 0.3) is 0 Å². The SMILES string of the molecule is Cc1ncn(CCNCc2cccc3[nH]ccc23)c1C. The summed E-state index contributed by atoms with van der Waals surface area (Å²) in [5.74, 6) is 0. The van der Waals surface area contributed by atoms with Crippen molar-refractivity contribution in [3.8, 4) is 0 Å². The van der Waals surface area contributed by atoms with Crippen LogP contribution in [0.4, 0.5) is 0 Å². The second-order valence-electron chi connectivity index (χ2n) is 5.14. The molecule has 0 atom stereocenters. The average molecular weight is 268 g/mol. The Labute approximate surface area is 118 Å². The number of hydrogen-bond acceptors (Lipinski definition) is 2. The molecule has 0 unspecified atom stereocenters. The fraction of sp³-hybridized carbons (Fsp3) is 0.312. The number of benzene rings is 1. The van der Waals surface area contributed by atoms with Gasteiger partial charge in [-0.05, 0) is 31.5 Å². The molecular weight excluding hydrogens is 248 g/mol. The van der Waals surface area contributed by atoms with Gasteiger partial charge in [0.05, 0.1) is 12.0 Å². The van der Waals surface area contributed by atoms with E-state index in [-0.39, 0.29) is 0 Å². The molecule has 0 radical (unpaired) electrons. The highest BCUT2D eigenvalue weighted by Gasteiger charge is 2.03. The van der Waals surface area contributed by atoms with Gasteiger partial charge in [0.15, 0.2) is 0 Å². The standard InChI is InChI=1S/C16H20N4/c1-12-13(2)20(11-19-12)9-8-17-10-14-4-3-5-16-15(14)6-7-18-16/h3-7,11,17-18H,8-10H2,1-2H3. The molecule has 0 aliphatic rings. The van der Waals surface area contributed by atoms with Crippen LogP contribution in [-0.4, -0.2) is 21.1 Å². The van der Waals surface area contributed by atoms with Gasteiger partial charge in [0.2, 0.25) is 0 Å². The van der Waals surface area contributed by atoms with Crippen molar-refractivity contribution in [2.24, 2.45) is 0 Å². The quantitative estimate of drug-likeness (QED) is 0.699. The lowest BCUT2D eigenvalue weighted by molar-refractivity contribution is 0.590. The van der Waals surface area contributed by atoms with E-state index in [9.17, 15) is 0 Å². The molecule has 0 saturated carbocycles. The fourth-order valence-electron chi connectivity index (χ4n) is 2.50. The van der Waals surface area contributed by atoms with Crippen molar-refractivity contribution in [3.05, 3.63) is 53.7 Å². The van der Waals surface area contributed by atoms with E-state index in [1.54, 1.807) is 0 Å². The first-order valence-corrected chi connectivity index (χ1v) is 7.00. The number of H-pyrrole nitrogens is 1. The number of hydrogen-bond donors (Lipinski definition) is 2. The van der Waals surface area contributed by atoms with Crippen LogP contribution in [0.5, 0.6) is 0 Å². The van der Waals surface area contributed by atoms with Gasteiger partial charge in [-0.15, -0.1) is 0 Å². The zero-order chi connectivity index (χ0) is 13.9. The molecule has 20 heavy (non-hydrogen) atoms. The van der Waals surface area contributed by atoms with Crippen LogP contribution in [0.25, 0.3) is 10.9 Å². The normalized spacial score (nSPS) is 11.3. The van der Waals surface area contributed by atoms with Crippen molar-refractivity contribution >= 4 is 10.9 Å². The third kappa shape index (κ3) is 2.47. The van der Waals surface area contributed by atoms with Crippen LogP contribution in [0.3, 0.4) is 0 Å². The molecule has 2 N–H and O–H groups in total. The van der Waals surface area contributed by atoms with Crippen molar-refractivity contribution in [2.45, 2.75) is 26.9 Å². The van der Waals surface area contributed by atoms with Gasteiger partial charge < -0.3 is 14.9 Å². The molecule has 3 rings (SSSR count). The predicted octanol–water partition coefficient (Wildman–Crippen LogP) is 2.77. The second kappa shape index (κ2) is 5.51. The van der Waals surface area contributed by atoms with Crippen LogP contribution in [0.2, 0.25) is 0 Å². The van der Waals surface area contributed by atoms with Crippen LogP contribution in [0.1, 0.15) is 17.0 Å². The van der Waals surface area contributed by atoms with Crippen molar-refractivity contribution in [2.75, 3.05) is 6.54 Å². The van der Waals surface area contributed by atoms with Crippen LogP contribution in [0.15, 0.2) is 36.8 Å². The molecule has 0 saturated heterocycles. The molecule has 3 aromatic rings. The summed E-state index contributed by atoms with van der Waals surface area (Å²) in [6.45, 7) is 6.95. The molecule has 0 spiro atoms. The van der Waals surface area contributed by atoms with E-state index >= 15 is 0 Å². The van der Waals surface area contributed by atoms with Gasteiger partial charge in [-0.2, -0.15) is 0 Å². The predicted molar refractivity (Wildman–Crippen MR) is 81.7 cm³/mol. The topological polar surface area (TPSA) is 45.6 Å². The Balaban J connectivity index is 1.58. The van der Waals surface area contributed by atoms with E-state index in [1.165, 1.54) is 22.2 Å². The molecule has 0 aliphatic heterocycles. The van der Waals surface area contributed by atoms with E-state index in [0.29, 0.717) is 0 Å². The van der Waals surface area contributed by atoms with E-state index in [1.807, 2.05) is 19.4 Å².